The van der Waals surface area contributed by atoms with Crippen molar-refractivity contribution >= 4 is 28.9 Å². The summed E-state index contributed by atoms with van der Waals surface area (Å²) in [5, 5.41) is -0.228. The molecule has 0 N–H and O–H groups in total. The molecule has 0 fully saturated rings. The van der Waals surface area contributed by atoms with E-state index in [0.717, 1.165) is 30.7 Å². The van der Waals surface area contributed by atoms with Crippen LogP contribution in [0.25, 0.3) is 0 Å². The normalized spacial score (nSPS) is 13.9. The fourth-order valence-electron chi connectivity index (χ4n) is 3.21. The van der Waals surface area contributed by atoms with E-state index < -0.39 is 11.7 Å². The van der Waals surface area contributed by atoms with Crippen LogP contribution in [-0.2, 0) is 12.7 Å². The van der Waals surface area contributed by atoms with Gasteiger partial charge in [-0.3, -0.25) is 4.79 Å². The average molecular weight is 398 g/mol. The minimum atomic E-state index is -4.56. The number of halogens is 4. The summed E-state index contributed by atoms with van der Waals surface area (Å²) in [6.45, 7) is 3.18. The Labute approximate surface area is 160 Å². The van der Waals surface area contributed by atoms with E-state index in [-0.39, 0.29) is 16.7 Å². The molecule has 3 rings (SSSR count). The van der Waals surface area contributed by atoms with E-state index in [4.69, 9.17) is 11.6 Å². The van der Waals surface area contributed by atoms with Crippen LogP contribution in [0.3, 0.4) is 0 Å². The van der Waals surface area contributed by atoms with Crippen molar-refractivity contribution in [3.8, 4) is 0 Å². The summed E-state index contributed by atoms with van der Waals surface area (Å²) in [5.41, 5.74) is 0.842. The molecular weight excluding hydrogens is 379 g/mol. The Hall–Kier alpha value is -2.28. The summed E-state index contributed by atoms with van der Waals surface area (Å²) in [6, 6.07) is 5.93. The number of alkyl halides is 3. The zero-order valence-electron chi connectivity index (χ0n) is 15.0. The highest BCUT2D eigenvalue weighted by atomic mass is 35.5. The zero-order chi connectivity index (χ0) is 19.8. The monoisotopic (exact) mass is 397 g/mol. The Morgan fingerprint density at radius 2 is 2.04 bits per heavy atom. The van der Waals surface area contributed by atoms with Gasteiger partial charge in [-0.05, 0) is 36.2 Å². The van der Waals surface area contributed by atoms with E-state index in [1.165, 1.54) is 11.9 Å². The molecule has 1 aliphatic heterocycles. The third-order valence-corrected chi connectivity index (χ3v) is 4.93. The van der Waals surface area contributed by atoms with Gasteiger partial charge in [-0.15, -0.1) is 0 Å². The van der Waals surface area contributed by atoms with Crippen LogP contribution in [0.2, 0.25) is 5.15 Å². The molecule has 4 nitrogen and oxygen atoms in total. The Bertz CT molecular complexity index is 870. The number of aromatic nitrogens is 1. The van der Waals surface area contributed by atoms with Crippen LogP contribution in [0.4, 0.5) is 24.5 Å². The first-order chi connectivity index (χ1) is 12.7. The Morgan fingerprint density at radius 3 is 2.70 bits per heavy atom. The number of anilines is 2. The summed E-state index contributed by atoms with van der Waals surface area (Å²) in [4.78, 5) is 19.3. The first-order valence-corrected chi connectivity index (χ1v) is 8.99. The maximum Gasteiger partial charge on any atom is 0.418 e. The molecule has 2 heterocycles. The van der Waals surface area contributed by atoms with Crippen molar-refractivity contribution in [1.29, 1.82) is 0 Å². The quantitative estimate of drug-likeness (QED) is 0.644. The Balaban J connectivity index is 1.96. The lowest BCUT2D eigenvalue weighted by molar-refractivity contribution is -0.137. The third kappa shape index (κ3) is 3.74. The second-order valence-electron chi connectivity index (χ2n) is 6.48. The number of fused-ring (bicyclic) bond motifs is 1. The second-order valence-corrected chi connectivity index (χ2v) is 6.83. The van der Waals surface area contributed by atoms with Crippen molar-refractivity contribution in [2.75, 3.05) is 18.5 Å². The average Bonchev–Trinajstić information content (AvgIpc) is 2.93. The van der Waals surface area contributed by atoms with E-state index in [1.54, 1.807) is 23.1 Å². The summed E-state index contributed by atoms with van der Waals surface area (Å²) in [6.07, 6.45) is -1.63. The van der Waals surface area contributed by atoms with E-state index in [1.807, 2.05) is 0 Å². The van der Waals surface area contributed by atoms with Crippen LogP contribution in [0.1, 0.15) is 41.3 Å². The fraction of sp³-hybridized carbons (Fsp3) is 0.368. The highest BCUT2D eigenvalue weighted by Crippen LogP contribution is 2.42. The predicted molar refractivity (Wildman–Crippen MR) is 98.4 cm³/mol. The van der Waals surface area contributed by atoms with E-state index in [9.17, 15) is 18.0 Å². The largest absolute Gasteiger partial charge is 0.418 e. The third-order valence-electron chi connectivity index (χ3n) is 4.66. The molecule has 1 amide bonds. The molecule has 0 unspecified atom stereocenters. The molecule has 1 aromatic heterocycles. The standard InChI is InChI=1S/C19H19ClF3N3O/c1-3-4-9-26-11-12-10-13(5-6-14(12)18(26)27)25(2)16-15(19(21,22)23)7-8-24-17(16)20/h5-8,10H,3-4,9,11H2,1-2H3. The van der Waals surface area contributed by atoms with Gasteiger partial charge in [0.2, 0.25) is 0 Å². The van der Waals surface area contributed by atoms with Crippen molar-refractivity contribution in [2.45, 2.75) is 32.5 Å². The van der Waals surface area contributed by atoms with Crippen molar-refractivity contribution in [2.24, 2.45) is 0 Å². The Kier molecular flexibility index (Phi) is 5.33. The van der Waals surface area contributed by atoms with E-state index in [0.29, 0.717) is 24.3 Å². The number of amides is 1. The van der Waals surface area contributed by atoms with E-state index in [2.05, 4.69) is 11.9 Å². The van der Waals surface area contributed by atoms with Gasteiger partial charge in [0.1, 0.15) is 0 Å². The second kappa shape index (κ2) is 7.38. The van der Waals surface area contributed by atoms with E-state index >= 15 is 0 Å². The lowest BCUT2D eigenvalue weighted by Crippen LogP contribution is -2.24. The van der Waals surface area contributed by atoms with Gasteiger partial charge in [-0.2, -0.15) is 13.2 Å². The minimum Gasteiger partial charge on any atom is -0.342 e. The molecule has 0 aliphatic carbocycles. The Morgan fingerprint density at radius 1 is 1.30 bits per heavy atom. The number of unbranched alkanes of at least 4 members (excludes halogenated alkanes) is 1. The lowest BCUT2D eigenvalue weighted by Gasteiger charge is -2.24. The highest BCUT2D eigenvalue weighted by Gasteiger charge is 2.36. The molecule has 0 spiro atoms. The molecule has 8 heteroatoms. The zero-order valence-corrected chi connectivity index (χ0v) is 15.7. The highest BCUT2D eigenvalue weighted by molar-refractivity contribution is 6.32. The van der Waals surface area contributed by atoms with Gasteiger partial charge < -0.3 is 9.80 Å². The molecule has 2 aromatic rings. The minimum absolute atomic E-state index is 0.0388. The summed E-state index contributed by atoms with van der Waals surface area (Å²) < 4.78 is 40.1. The molecular formula is C19H19ClF3N3O. The number of carbonyl (C=O) groups excluding carboxylic acids is 1. The molecule has 144 valence electrons. The number of carbonyl (C=O) groups is 1. The number of hydrogen-bond donors (Lipinski definition) is 0. The predicted octanol–water partition coefficient (Wildman–Crippen LogP) is 5.28. The fourth-order valence-corrected chi connectivity index (χ4v) is 3.50. The number of hydrogen-bond acceptors (Lipinski definition) is 3. The topological polar surface area (TPSA) is 36.4 Å². The number of rotatable bonds is 5. The van der Waals surface area contributed by atoms with Crippen LogP contribution in [0.5, 0.6) is 0 Å². The molecule has 1 aliphatic rings. The molecule has 0 radical (unpaired) electrons. The SMILES string of the molecule is CCCCN1Cc2cc(N(C)c3c(C(F)(F)F)ccnc3Cl)ccc2C1=O. The van der Waals surface area contributed by atoms with Crippen molar-refractivity contribution in [3.63, 3.8) is 0 Å². The first-order valence-electron chi connectivity index (χ1n) is 8.61. The summed E-state index contributed by atoms with van der Waals surface area (Å²) in [7, 11) is 1.51. The number of pyridine rings is 1. The van der Waals surface area contributed by atoms with Crippen molar-refractivity contribution in [3.05, 3.63) is 52.3 Å². The summed E-state index contributed by atoms with van der Waals surface area (Å²) >= 11 is 5.99. The van der Waals surface area contributed by atoms with Gasteiger partial charge in [-0.1, -0.05) is 24.9 Å². The first kappa shape index (κ1) is 19.5. The number of benzene rings is 1. The molecule has 0 saturated carbocycles. The van der Waals surface area contributed by atoms with Crippen LogP contribution in [0.15, 0.2) is 30.5 Å². The van der Waals surface area contributed by atoms with Crippen molar-refractivity contribution < 1.29 is 18.0 Å². The molecule has 0 saturated heterocycles. The maximum atomic E-state index is 13.4. The lowest BCUT2D eigenvalue weighted by atomic mass is 10.1. The molecule has 27 heavy (non-hydrogen) atoms. The van der Waals surface area contributed by atoms with Crippen LogP contribution >= 0.6 is 11.6 Å². The van der Waals surface area contributed by atoms with Crippen LogP contribution in [0, 0.1) is 0 Å². The van der Waals surface area contributed by atoms with Crippen LogP contribution in [-0.4, -0.2) is 29.4 Å². The number of nitrogens with zero attached hydrogens (tertiary/aromatic N) is 3. The van der Waals surface area contributed by atoms with Gasteiger partial charge in [0, 0.05) is 37.6 Å². The van der Waals surface area contributed by atoms with Gasteiger partial charge in [0.05, 0.1) is 11.3 Å². The summed E-state index contributed by atoms with van der Waals surface area (Å²) in [5.74, 6) is -0.0388. The molecule has 0 bridgehead atoms. The van der Waals surface area contributed by atoms with Crippen molar-refractivity contribution in [1.82, 2.24) is 9.88 Å². The van der Waals surface area contributed by atoms with Gasteiger partial charge in [0.15, 0.2) is 5.15 Å². The van der Waals surface area contributed by atoms with Crippen LogP contribution < -0.4 is 4.90 Å². The van der Waals surface area contributed by atoms with Gasteiger partial charge >= 0.3 is 6.18 Å². The smallest absolute Gasteiger partial charge is 0.342 e. The molecule has 0 atom stereocenters. The molecule has 1 aromatic carbocycles. The van der Waals surface area contributed by atoms with Gasteiger partial charge in [0.25, 0.3) is 5.91 Å². The maximum absolute atomic E-state index is 13.4. The van der Waals surface area contributed by atoms with Gasteiger partial charge in [-0.25, -0.2) is 4.98 Å².